The minimum atomic E-state index is 0.0391. The highest BCUT2D eigenvalue weighted by molar-refractivity contribution is 5.94. The van der Waals surface area contributed by atoms with Crippen LogP contribution in [0.5, 0.6) is 0 Å². The van der Waals surface area contributed by atoms with E-state index in [2.05, 4.69) is 4.98 Å². The van der Waals surface area contributed by atoms with Gasteiger partial charge in [0, 0.05) is 45.0 Å². The molecule has 1 saturated heterocycles. The average molecular weight is 263 g/mol. The van der Waals surface area contributed by atoms with Gasteiger partial charge in [0.05, 0.1) is 5.56 Å². The number of rotatable bonds is 3. The maximum atomic E-state index is 12.1. The van der Waals surface area contributed by atoms with Gasteiger partial charge in [0.25, 0.3) is 5.91 Å². The number of aromatic nitrogens is 1. The molecule has 0 saturated carbocycles. The van der Waals surface area contributed by atoms with Crippen LogP contribution in [0.1, 0.15) is 30.6 Å². The highest BCUT2D eigenvalue weighted by Gasteiger charge is 2.25. The van der Waals surface area contributed by atoms with Crippen molar-refractivity contribution in [3.05, 3.63) is 24.0 Å². The van der Waals surface area contributed by atoms with Gasteiger partial charge in [-0.3, -0.25) is 9.59 Å². The summed E-state index contributed by atoms with van der Waals surface area (Å²) in [7, 11) is 0. The summed E-state index contributed by atoms with van der Waals surface area (Å²) >= 11 is 0. The van der Waals surface area contributed by atoms with Crippen LogP contribution in [0.15, 0.2) is 18.5 Å². The van der Waals surface area contributed by atoms with Crippen LogP contribution >= 0.6 is 0 Å². The predicted molar refractivity (Wildman–Crippen MR) is 72.7 cm³/mol. The third-order valence-corrected chi connectivity index (χ3v) is 3.35. The van der Waals surface area contributed by atoms with E-state index >= 15 is 0 Å². The fraction of sp³-hybridized carbons (Fsp3) is 0.571. The van der Waals surface area contributed by atoms with Gasteiger partial charge in [-0.15, -0.1) is 0 Å². The first kappa shape index (κ1) is 13.6. The standard InChI is InChI=1S/C14H21N3O2/c1-11(2)9-13(18)16-5-7-17(8-6-16)14(19)12-3-4-15-10-12/h3-4,10-11,15H,5-9H2,1-2H3. The number of hydrogen-bond donors (Lipinski definition) is 1. The molecule has 2 heterocycles. The van der Waals surface area contributed by atoms with Gasteiger partial charge < -0.3 is 14.8 Å². The molecular formula is C14H21N3O2. The van der Waals surface area contributed by atoms with Crippen LogP contribution in [0.25, 0.3) is 0 Å². The summed E-state index contributed by atoms with van der Waals surface area (Å²) < 4.78 is 0. The van der Waals surface area contributed by atoms with Gasteiger partial charge in [-0.1, -0.05) is 13.8 Å². The van der Waals surface area contributed by atoms with Crippen molar-refractivity contribution in [1.29, 1.82) is 0 Å². The molecule has 1 N–H and O–H groups in total. The lowest BCUT2D eigenvalue weighted by Gasteiger charge is -2.35. The molecule has 5 nitrogen and oxygen atoms in total. The molecule has 2 rings (SSSR count). The zero-order chi connectivity index (χ0) is 13.8. The van der Waals surface area contributed by atoms with Crippen molar-refractivity contribution in [2.75, 3.05) is 26.2 Å². The zero-order valence-corrected chi connectivity index (χ0v) is 11.6. The van der Waals surface area contributed by atoms with Crippen LogP contribution in [0.3, 0.4) is 0 Å². The van der Waals surface area contributed by atoms with E-state index < -0.39 is 0 Å². The quantitative estimate of drug-likeness (QED) is 0.895. The Balaban J connectivity index is 1.86. The van der Waals surface area contributed by atoms with Crippen molar-refractivity contribution in [3.8, 4) is 0 Å². The van der Waals surface area contributed by atoms with E-state index in [0.29, 0.717) is 44.1 Å². The summed E-state index contributed by atoms with van der Waals surface area (Å²) in [6, 6.07) is 1.78. The lowest BCUT2D eigenvalue weighted by Crippen LogP contribution is -2.50. The van der Waals surface area contributed by atoms with E-state index in [-0.39, 0.29) is 11.8 Å². The van der Waals surface area contributed by atoms with Crippen LogP contribution in [-0.4, -0.2) is 52.8 Å². The fourth-order valence-electron chi connectivity index (χ4n) is 2.28. The van der Waals surface area contributed by atoms with Gasteiger partial charge in [0.15, 0.2) is 0 Å². The minimum Gasteiger partial charge on any atom is -0.367 e. The molecule has 0 atom stereocenters. The van der Waals surface area contributed by atoms with Crippen LogP contribution in [0, 0.1) is 5.92 Å². The highest BCUT2D eigenvalue weighted by Crippen LogP contribution is 2.11. The Bertz CT molecular complexity index is 432. The van der Waals surface area contributed by atoms with Crippen molar-refractivity contribution in [2.45, 2.75) is 20.3 Å². The van der Waals surface area contributed by atoms with Crippen molar-refractivity contribution >= 4 is 11.8 Å². The molecule has 1 aromatic heterocycles. The smallest absolute Gasteiger partial charge is 0.255 e. The molecule has 5 heteroatoms. The molecule has 2 amide bonds. The average Bonchev–Trinajstić information content (AvgIpc) is 2.91. The monoisotopic (exact) mass is 263 g/mol. The second-order valence-electron chi connectivity index (χ2n) is 5.37. The number of amides is 2. The summed E-state index contributed by atoms with van der Waals surface area (Å²) in [4.78, 5) is 30.6. The van der Waals surface area contributed by atoms with Gasteiger partial charge >= 0.3 is 0 Å². The van der Waals surface area contributed by atoms with Gasteiger partial charge in [0.2, 0.25) is 5.91 Å². The molecule has 0 spiro atoms. The minimum absolute atomic E-state index is 0.0391. The lowest BCUT2D eigenvalue weighted by molar-refractivity contribution is -0.133. The molecule has 0 radical (unpaired) electrons. The van der Waals surface area contributed by atoms with E-state index in [0.717, 1.165) is 0 Å². The second-order valence-corrected chi connectivity index (χ2v) is 5.37. The number of hydrogen-bond acceptors (Lipinski definition) is 2. The molecule has 0 bridgehead atoms. The summed E-state index contributed by atoms with van der Waals surface area (Å²) in [6.45, 7) is 6.61. The van der Waals surface area contributed by atoms with E-state index in [1.165, 1.54) is 0 Å². The SMILES string of the molecule is CC(C)CC(=O)N1CCN(C(=O)c2cc[nH]c2)CC1. The topological polar surface area (TPSA) is 56.4 Å². The maximum absolute atomic E-state index is 12.1. The van der Waals surface area contributed by atoms with E-state index in [1.54, 1.807) is 18.5 Å². The van der Waals surface area contributed by atoms with Gasteiger partial charge in [-0.25, -0.2) is 0 Å². The Morgan fingerprint density at radius 2 is 1.84 bits per heavy atom. The molecule has 104 valence electrons. The predicted octanol–water partition coefficient (Wildman–Crippen LogP) is 1.35. The molecule has 0 aromatic carbocycles. The van der Waals surface area contributed by atoms with Crippen molar-refractivity contribution < 1.29 is 9.59 Å². The first-order valence-electron chi connectivity index (χ1n) is 6.77. The largest absolute Gasteiger partial charge is 0.367 e. The van der Waals surface area contributed by atoms with Crippen LogP contribution < -0.4 is 0 Å². The first-order valence-corrected chi connectivity index (χ1v) is 6.77. The number of aromatic amines is 1. The highest BCUT2D eigenvalue weighted by atomic mass is 16.2. The van der Waals surface area contributed by atoms with E-state index in [1.807, 2.05) is 23.6 Å². The number of nitrogens with zero attached hydrogens (tertiary/aromatic N) is 2. The number of piperazine rings is 1. The number of carbonyl (C=O) groups is 2. The van der Waals surface area contributed by atoms with Gasteiger partial charge in [-0.05, 0) is 12.0 Å². The molecule has 1 aliphatic heterocycles. The lowest BCUT2D eigenvalue weighted by atomic mass is 10.1. The Labute approximate surface area is 113 Å². The summed E-state index contributed by atoms with van der Waals surface area (Å²) in [6.07, 6.45) is 4.04. The van der Waals surface area contributed by atoms with E-state index in [4.69, 9.17) is 0 Å². The van der Waals surface area contributed by atoms with Crippen LogP contribution in [-0.2, 0) is 4.79 Å². The molecule has 1 aliphatic rings. The van der Waals surface area contributed by atoms with Crippen molar-refractivity contribution in [1.82, 2.24) is 14.8 Å². The second kappa shape index (κ2) is 5.91. The Hall–Kier alpha value is -1.78. The Morgan fingerprint density at radius 1 is 1.21 bits per heavy atom. The number of nitrogens with one attached hydrogen (secondary N) is 1. The molecule has 0 aliphatic carbocycles. The van der Waals surface area contributed by atoms with Crippen LogP contribution in [0.2, 0.25) is 0 Å². The number of H-pyrrole nitrogens is 1. The number of carbonyl (C=O) groups excluding carboxylic acids is 2. The fourth-order valence-corrected chi connectivity index (χ4v) is 2.28. The summed E-state index contributed by atoms with van der Waals surface area (Å²) in [5.74, 6) is 0.618. The normalized spacial score (nSPS) is 15.9. The molecular weight excluding hydrogens is 242 g/mol. The van der Waals surface area contributed by atoms with Crippen LogP contribution in [0.4, 0.5) is 0 Å². The maximum Gasteiger partial charge on any atom is 0.255 e. The summed E-state index contributed by atoms with van der Waals surface area (Å²) in [5.41, 5.74) is 0.682. The molecule has 19 heavy (non-hydrogen) atoms. The Kier molecular flexibility index (Phi) is 4.24. The van der Waals surface area contributed by atoms with Gasteiger partial charge in [-0.2, -0.15) is 0 Å². The summed E-state index contributed by atoms with van der Waals surface area (Å²) in [5, 5.41) is 0. The third kappa shape index (κ3) is 3.36. The Morgan fingerprint density at radius 3 is 2.37 bits per heavy atom. The van der Waals surface area contributed by atoms with Gasteiger partial charge in [0.1, 0.15) is 0 Å². The molecule has 1 fully saturated rings. The van der Waals surface area contributed by atoms with Crippen molar-refractivity contribution in [2.24, 2.45) is 5.92 Å². The molecule has 0 unspecified atom stereocenters. The first-order chi connectivity index (χ1) is 9.08. The molecule has 1 aromatic rings. The van der Waals surface area contributed by atoms with Crippen molar-refractivity contribution in [3.63, 3.8) is 0 Å². The zero-order valence-electron chi connectivity index (χ0n) is 11.6. The van der Waals surface area contributed by atoms with E-state index in [9.17, 15) is 9.59 Å². The third-order valence-electron chi connectivity index (χ3n) is 3.35.